The van der Waals surface area contributed by atoms with Crippen LogP contribution in [0, 0.1) is 6.92 Å². The van der Waals surface area contributed by atoms with E-state index < -0.39 is 5.97 Å². The predicted octanol–water partition coefficient (Wildman–Crippen LogP) is 3.65. The van der Waals surface area contributed by atoms with Gasteiger partial charge in [-0.15, -0.1) is 0 Å². The highest BCUT2D eigenvalue weighted by Crippen LogP contribution is 2.27. The van der Waals surface area contributed by atoms with E-state index in [2.05, 4.69) is 0 Å². The first-order valence-corrected chi connectivity index (χ1v) is 7.22. The normalized spacial score (nSPS) is 10.1. The van der Waals surface area contributed by atoms with E-state index in [0.717, 1.165) is 5.56 Å². The molecular formula is C17H17ClO5. The van der Waals surface area contributed by atoms with Gasteiger partial charge in [-0.3, -0.25) is 0 Å². The highest BCUT2D eigenvalue weighted by atomic mass is 35.5. The third kappa shape index (κ3) is 4.79. The molecule has 2 rings (SSSR count). The lowest BCUT2D eigenvalue weighted by Crippen LogP contribution is -2.17. The van der Waals surface area contributed by atoms with Crippen LogP contribution in [0.2, 0.25) is 5.02 Å². The molecule has 0 atom stereocenters. The summed E-state index contributed by atoms with van der Waals surface area (Å²) in [6, 6.07) is 10.0. The Morgan fingerprint density at radius 2 is 1.57 bits per heavy atom. The standard InChI is InChI=1S/C17H17ClO5/c1-11-6-12(4-5-16(11)18)22-10-17(19)23-15-8-13(20-2)7-14(9-15)21-3/h4-9H,10H2,1-3H3. The molecule has 5 nitrogen and oxygen atoms in total. The lowest BCUT2D eigenvalue weighted by Gasteiger charge is -2.10. The number of ether oxygens (including phenoxy) is 4. The minimum absolute atomic E-state index is 0.222. The van der Waals surface area contributed by atoms with Crippen molar-refractivity contribution in [2.24, 2.45) is 0 Å². The molecule has 2 aromatic carbocycles. The average molecular weight is 337 g/mol. The van der Waals surface area contributed by atoms with Crippen LogP contribution >= 0.6 is 11.6 Å². The highest BCUT2D eigenvalue weighted by molar-refractivity contribution is 6.31. The second-order valence-electron chi connectivity index (χ2n) is 4.72. The number of halogens is 1. The van der Waals surface area contributed by atoms with Gasteiger partial charge in [0.15, 0.2) is 6.61 Å². The summed E-state index contributed by atoms with van der Waals surface area (Å²) >= 11 is 5.94. The van der Waals surface area contributed by atoms with Gasteiger partial charge in [0.25, 0.3) is 0 Å². The number of methoxy groups -OCH3 is 2. The summed E-state index contributed by atoms with van der Waals surface area (Å²) in [7, 11) is 3.04. The van der Waals surface area contributed by atoms with E-state index in [0.29, 0.717) is 28.0 Å². The Morgan fingerprint density at radius 3 is 2.13 bits per heavy atom. The van der Waals surface area contributed by atoms with Crippen LogP contribution in [0.3, 0.4) is 0 Å². The molecule has 0 N–H and O–H groups in total. The molecule has 0 fully saturated rings. The first-order chi connectivity index (χ1) is 11.0. The molecule has 0 radical (unpaired) electrons. The van der Waals surface area contributed by atoms with Gasteiger partial charge in [0.2, 0.25) is 0 Å². The molecule has 0 aliphatic rings. The molecule has 2 aromatic rings. The molecule has 0 unspecified atom stereocenters. The second kappa shape index (κ2) is 7.74. The molecular weight excluding hydrogens is 320 g/mol. The molecule has 0 spiro atoms. The van der Waals surface area contributed by atoms with Crippen molar-refractivity contribution in [2.75, 3.05) is 20.8 Å². The number of esters is 1. The fourth-order valence-electron chi connectivity index (χ4n) is 1.85. The van der Waals surface area contributed by atoms with Crippen LogP contribution < -0.4 is 18.9 Å². The van der Waals surface area contributed by atoms with E-state index >= 15 is 0 Å². The molecule has 0 saturated heterocycles. The number of rotatable bonds is 6. The van der Waals surface area contributed by atoms with Crippen LogP contribution in [-0.4, -0.2) is 26.8 Å². The number of benzene rings is 2. The predicted molar refractivity (Wildman–Crippen MR) is 86.9 cm³/mol. The van der Waals surface area contributed by atoms with E-state index in [4.69, 9.17) is 30.5 Å². The Kier molecular flexibility index (Phi) is 5.71. The van der Waals surface area contributed by atoms with Gasteiger partial charge in [0.1, 0.15) is 23.0 Å². The monoisotopic (exact) mass is 336 g/mol. The third-order valence-electron chi connectivity index (χ3n) is 3.04. The number of hydrogen-bond acceptors (Lipinski definition) is 5. The van der Waals surface area contributed by atoms with E-state index in [-0.39, 0.29) is 6.61 Å². The Labute approximate surface area is 139 Å². The summed E-state index contributed by atoms with van der Waals surface area (Å²) in [6.45, 7) is 1.64. The molecule has 0 bridgehead atoms. The van der Waals surface area contributed by atoms with Crippen molar-refractivity contribution in [1.82, 2.24) is 0 Å². The van der Waals surface area contributed by atoms with Gasteiger partial charge in [-0.2, -0.15) is 0 Å². The largest absolute Gasteiger partial charge is 0.496 e. The molecule has 0 amide bonds. The van der Waals surface area contributed by atoms with Crippen LogP contribution in [0.25, 0.3) is 0 Å². The van der Waals surface area contributed by atoms with Crippen molar-refractivity contribution in [3.8, 4) is 23.0 Å². The van der Waals surface area contributed by atoms with Crippen LogP contribution in [-0.2, 0) is 4.79 Å². The Balaban J connectivity index is 1.97. The van der Waals surface area contributed by atoms with E-state index in [1.165, 1.54) is 14.2 Å². The maximum atomic E-state index is 11.9. The first kappa shape index (κ1) is 17.0. The number of hydrogen-bond donors (Lipinski definition) is 0. The maximum Gasteiger partial charge on any atom is 0.349 e. The summed E-state index contributed by atoms with van der Waals surface area (Å²) in [6.07, 6.45) is 0. The summed E-state index contributed by atoms with van der Waals surface area (Å²) < 4.78 is 20.9. The van der Waals surface area contributed by atoms with Crippen molar-refractivity contribution >= 4 is 17.6 Å². The average Bonchev–Trinajstić information content (AvgIpc) is 2.55. The van der Waals surface area contributed by atoms with E-state index in [9.17, 15) is 4.79 Å². The molecule has 23 heavy (non-hydrogen) atoms. The molecule has 122 valence electrons. The van der Waals surface area contributed by atoms with Crippen molar-refractivity contribution in [2.45, 2.75) is 6.92 Å². The van der Waals surface area contributed by atoms with Crippen LogP contribution in [0.1, 0.15) is 5.56 Å². The maximum absolute atomic E-state index is 11.9. The summed E-state index contributed by atoms with van der Waals surface area (Å²) in [5, 5.41) is 0.642. The Hall–Kier alpha value is -2.40. The zero-order chi connectivity index (χ0) is 16.8. The molecule has 0 aliphatic heterocycles. The van der Waals surface area contributed by atoms with E-state index in [1.54, 1.807) is 36.4 Å². The lowest BCUT2D eigenvalue weighted by atomic mass is 10.2. The molecule has 0 saturated carbocycles. The summed E-state index contributed by atoms with van der Waals surface area (Å²) in [5.74, 6) is 1.39. The first-order valence-electron chi connectivity index (χ1n) is 6.84. The quantitative estimate of drug-likeness (QED) is 0.595. The van der Waals surface area contributed by atoms with Gasteiger partial charge >= 0.3 is 5.97 Å². The summed E-state index contributed by atoms with van der Waals surface area (Å²) in [4.78, 5) is 11.9. The van der Waals surface area contributed by atoms with Crippen LogP contribution in [0.4, 0.5) is 0 Å². The SMILES string of the molecule is COc1cc(OC)cc(OC(=O)COc2ccc(Cl)c(C)c2)c1. The lowest BCUT2D eigenvalue weighted by molar-refractivity contribution is -0.136. The zero-order valence-corrected chi connectivity index (χ0v) is 13.8. The number of carbonyl (C=O) groups is 1. The third-order valence-corrected chi connectivity index (χ3v) is 3.47. The summed E-state index contributed by atoms with van der Waals surface area (Å²) in [5.41, 5.74) is 0.870. The minimum atomic E-state index is -0.534. The molecule has 0 aliphatic carbocycles. The highest BCUT2D eigenvalue weighted by Gasteiger charge is 2.10. The van der Waals surface area contributed by atoms with Gasteiger partial charge < -0.3 is 18.9 Å². The fraction of sp³-hybridized carbons (Fsp3) is 0.235. The van der Waals surface area contributed by atoms with Gasteiger partial charge in [-0.1, -0.05) is 11.6 Å². The smallest absolute Gasteiger partial charge is 0.349 e. The fourth-order valence-corrected chi connectivity index (χ4v) is 1.97. The number of aryl methyl sites for hydroxylation is 1. The van der Waals surface area contributed by atoms with Gasteiger partial charge in [-0.05, 0) is 30.7 Å². The molecule has 0 heterocycles. The van der Waals surface area contributed by atoms with Gasteiger partial charge in [0.05, 0.1) is 14.2 Å². The Bertz CT molecular complexity index is 677. The topological polar surface area (TPSA) is 54.0 Å². The molecule has 0 aromatic heterocycles. The van der Waals surface area contributed by atoms with Crippen molar-refractivity contribution in [3.05, 3.63) is 47.0 Å². The van der Waals surface area contributed by atoms with Crippen molar-refractivity contribution < 1.29 is 23.7 Å². The van der Waals surface area contributed by atoms with Crippen LogP contribution in [0.15, 0.2) is 36.4 Å². The molecule has 6 heteroatoms. The zero-order valence-electron chi connectivity index (χ0n) is 13.1. The minimum Gasteiger partial charge on any atom is -0.496 e. The van der Waals surface area contributed by atoms with Crippen LogP contribution in [0.5, 0.6) is 23.0 Å². The van der Waals surface area contributed by atoms with E-state index in [1.807, 2.05) is 6.92 Å². The van der Waals surface area contributed by atoms with Crippen molar-refractivity contribution in [1.29, 1.82) is 0 Å². The van der Waals surface area contributed by atoms with Gasteiger partial charge in [0, 0.05) is 23.2 Å². The van der Waals surface area contributed by atoms with Crippen molar-refractivity contribution in [3.63, 3.8) is 0 Å². The Morgan fingerprint density at radius 1 is 0.957 bits per heavy atom. The second-order valence-corrected chi connectivity index (χ2v) is 5.13. The van der Waals surface area contributed by atoms with Gasteiger partial charge in [-0.25, -0.2) is 4.79 Å². The number of carbonyl (C=O) groups excluding carboxylic acids is 1.